The van der Waals surface area contributed by atoms with Crippen LogP contribution in [0.5, 0.6) is 0 Å². The van der Waals surface area contributed by atoms with Crippen molar-refractivity contribution in [3.05, 3.63) is 65.8 Å². The van der Waals surface area contributed by atoms with Gasteiger partial charge < -0.3 is 9.73 Å². The maximum absolute atomic E-state index is 12.3. The number of fused-ring (bicyclic) bond motifs is 1. The first-order valence-corrected chi connectivity index (χ1v) is 7.01. The summed E-state index contributed by atoms with van der Waals surface area (Å²) in [5.41, 5.74) is 1.35. The zero-order chi connectivity index (χ0) is 16.2. The number of anilines is 1. The van der Waals surface area contributed by atoms with E-state index in [0.717, 1.165) is 10.9 Å². The summed E-state index contributed by atoms with van der Waals surface area (Å²) in [6.07, 6.45) is 3.11. The molecule has 0 saturated carbocycles. The molecule has 3 aromatic rings. The summed E-state index contributed by atoms with van der Waals surface area (Å²) in [6, 6.07) is 14.5. The predicted octanol–water partition coefficient (Wildman–Crippen LogP) is 4.10. The van der Waals surface area contributed by atoms with E-state index >= 15 is 0 Å². The molecule has 1 aromatic carbocycles. The molecule has 6 heteroatoms. The van der Waals surface area contributed by atoms with E-state index in [1.165, 1.54) is 6.08 Å². The molecular formula is C18H14ClN3O2. The van der Waals surface area contributed by atoms with Crippen LogP contribution in [0.25, 0.3) is 17.0 Å². The minimum atomic E-state index is -0.488. The normalized spacial score (nSPS) is 10.8. The maximum Gasteiger partial charge on any atom is 0.266 e. The molecule has 1 amide bonds. The topological polar surface area (TPSA) is 78.9 Å². The van der Waals surface area contributed by atoms with Crippen LogP contribution < -0.4 is 5.32 Å². The summed E-state index contributed by atoms with van der Waals surface area (Å²) in [4.78, 5) is 16.6. The highest BCUT2D eigenvalue weighted by Crippen LogP contribution is 2.22. The third-order valence-electron chi connectivity index (χ3n) is 3.31. The van der Waals surface area contributed by atoms with E-state index in [-0.39, 0.29) is 18.0 Å². The van der Waals surface area contributed by atoms with Crippen molar-refractivity contribution in [1.82, 2.24) is 4.98 Å². The number of aryl methyl sites for hydroxylation is 1. The lowest BCUT2D eigenvalue weighted by Crippen LogP contribution is -2.13. The first kappa shape index (κ1) is 17.3. The summed E-state index contributed by atoms with van der Waals surface area (Å²) < 4.78 is 5.37. The predicted molar refractivity (Wildman–Crippen MR) is 94.7 cm³/mol. The van der Waals surface area contributed by atoms with Gasteiger partial charge in [0, 0.05) is 17.7 Å². The molecule has 2 heterocycles. The maximum atomic E-state index is 12.3. The third kappa shape index (κ3) is 3.62. The summed E-state index contributed by atoms with van der Waals surface area (Å²) in [7, 11) is 0. The number of carbonyl (C=O) groups excluding carboxylic acids is 1. The van der Waals surface area contributed by atoms with Crippen LogP contribution in [0.1, 0.15) is 11.5 Å². The van der Waals surface area contributed by atoms with E-state index in [2.05, 4.69) is 10.3 Å². The number of furan rings is 1. The zero-order valence-electron chi connectivity index (χ0n) is 12.8. The van der Waals surface area contributed by atoms with Crippen molar-refractivity contribution in [1.29, 1.82) is 5.26 Å². The molecule has 5 nitrogen and oxygen atoms in total. The average molecular weight is 340 g/mol. The molecule has 0 radical (unpaired) electrons. The van der Waals surface area contributed by atoms with Gasteiger partial charge in [0.05, 0.1) is 11.2 Å². The molecule has 120 valence electrons. The number of pyridine rings is 1. The van der Waals surface area contributed by atoms with Crippen molar-refractivity contribution in [3.63, 3.8) is 0 Å². The van der Waals surface area contributed by atoms with Crippen LogP contribution in [-0.4, -0.2) is 10.9 Å². The SMILES string of the molecule is Cc1ccc(/C=C(\C#N)C(=O)Nc2cccc3ncccc23)o1.Cl. The molecule has 0 aliphatic rings. The molecule has 0 fully saturated rings. The second-order valence-electron chi connectivity index (χ2n) is 4.95. The monoisotopic (exact) mass is 339 g/mol. The van der Waals surface area contributed by atoms with Gasteiger partial charge in [-0.15, -0.1) is 12.4 Å². The highest BCUT2D eigenvalue weighted by atomic mass is 35.5. The van der Waals surface area contributed by atoms with Crippen LogP contribution in [0.2, 0.25) is 0 Å². The molecule has 3 rings (SSSR count). The first-order valence-electron chi connectivity index (χ1n) is 7.01. The van der Waals surface area contributed by atoms with Crippen LogP contribution in [0.3, 0.4) is 0 Å². The van der Waals surface area contributed by atoms with Crippen LogP contribution in [0.4, 0.5) is 5.69 Å². The van der Waals surface area contributed by atoms with Gasteiger partial charge in [-0.3, -0.25) is 9.78 Å². The van der Waals surface area contributed by atoms with Crippen molar-refractivity contribution in [2.24, 2.45) is 0 Å². The van der Waals surface area contributed by atoms with Crippen molar-refractivity contribution in [3.8, 4) is 6.07 Å². The fraction of sp³-hybridized carbons (Fsp3) is 0.0556. The summed E-state index contributed by atoms with van der Waals surface area (Å²) >= 11 is 0. The van der Waals surface area contributed by atoms with Gasteiger partial charge in [0.2, 0.25) is 0 Å². The molecule has 0 bridgehead atoms. The van der Waals surface area contributed by atoms with Crippen LogP contribution in [0.15, 0.2) is 58.7 Å². The van der Waals surface area contributed by atoms with Crippen molar-refractivity contribution in [2.45, 2.75) is 6.92 Å². The number of amides is 1. The first-order chi connectivity index (χ1) is 11.2. The number of hydrogen-bond acceptors (Lipinski definition) is 4. The Morgan fingerprint density at radius 1 is 1.25 bits per heavy atom. The van der Waals surface area contributed by atoms with E-state index < -0.39 is 5.91 Å². The highest BCUT2D eigenvalue weighted by molar-refractivity contribution is 6.12. The Labute approximate surface area is 145 Å². The number of hydrogen-bond donors (Lipinski definition) is 1. The minimum Gasteiger partial charge on any atom is -0.462 e. The lowest BCUT2D eigenvalue weighted by atomic mass is 10.1. The number of aromatic nitrogens is 1. The fourth-order valence-electron chi connectivity index (χ4n) is 2.22. The van der Waals surface area contributed by atoms with E-state index in [9.17, 15) is 10.1 Å². The number of benzene rings is 1. The second-order valence-corrected chi connectivity index (χ2v) is 4.95. The van der Waals surface area contributed by atoms with E-state index in [1.54, 1.807) is 43.5 Å². The standard InChI is InChI=1S/C18H13N3O2.ClH/c1-12-7-8-14(23-12)10-13(11-19)18(22)21-17-6-2-5-16-15(17)4-3-9-20-16;/h2-10H,1H3,(H,21,22);1H/b13-10+;. The Bertz CT molecular complexity index is 949. The lowest BCUT2D eigenvalue weighted by molar-refractivity contribution is -0.112. The third-order valence-corrected chi connectivity index (χ3v) is 3.31. The molecule has 0 saturated heterocycles. The summed E-state index contributed by atoms with van der Waals surface area (Å²) in [6.45, 7) is 1.80. The largest absolute Gasteiger partial charge is 0.462 e. The molecule has 0 atom stereocenters. The second kappa shape index (κ2) is 7.44. The van der Waals surface area contributed by atoms with Gasteiger partial charge >= 0.3 is 0 Å². The Kier molecular flexibility index (Phi) is 5.35. The van der Waals surface area contributed by atoms with Gasteiger partial charge in [-0.1, -0.05) is 6.07 Å². The Hall–Kier alpha value is -3.10. The van der Waals surface area contributed by atoms with E-state index in [4.69, 9.17) is 4.42 Å². The Morgan fingerprint density at radius 3 is 2.79 bits per heavy atom. The van der Waals surface area contributed by atoms with Gasteiger partial charge in [-0.05, 0) is 43.3 Å². The number of rotatable bonds is 3. The van der Waals surface area contributed by atoms with Crippen molar-refractivity contribution >= 4 is 41.0 Å². The number of nitrogens with one attached hydrogen (secondary N) is 1. The summed E-state index contributed by atoms with van der Waals surface area (Å²) in [5, 5.41) is 12.8. The molecule has 0 aliphatic carbocycles. The fourth-order valence-corrected chi connectivity index (χ4v) is 2.22. The van der Waals surface area contributed by atoms with Gasteiger partial charge in [-0.2, -0.15) is 5.26 Å². The zero-order valence-corrected chi connectivity index (χ0v) is 13.6. The van der Waals surface area contributed by atoms with E-state index in [1.807, 2.05) is 18.2 Å². The molecule has 0 spiro atoms. The quantitative estimate of drug-likeness (QED) is 0.575. The molecule has 0 aliphatic heterocycles. The van der Waals surface area contributed by atoms with Gasteiger partial charge in [0.25, 0.3) is 5.91 Å². The number of halogens is 1. The lowest BCUT2D eigenvalue weighted by Gasteiger charge is -2.07. The average Bonchev–Trinajstić information content (AvgIpc) is 2.98. The number of nitriles is 1. The summed E-state index contributed by atoms with van der Waals surface area (Å²) in [5.74, 6) is 0.695. The number of carbonyl (C=O) groups is 1. The molecule has 0 unspecified atom stereocenters. The minimum absolute atomic E-state index is 0. The molecule has 2 aromatic heterocycles. The smallest absolute Gasteiger partial charge is 0.266 e. The van der Waals surface area contributed by atoms with Crippen molar-refractivity contribution in [2.75, 3.05) is 5.32 Å². The number of nitrogens with zero attached hydrogens (tertiary/aromatic N) is 2. The van der Waals surface area contributed by atoms with Crippen LogP contribution >= 0.6 is 12.4 Å². The van der Waals surface area contributed by atoms with Gasteiger partial charge in [0.1, 0.15) is 23.2 Å². The Balaban J connectivity index is 0.00000208. The van der Waals surface area contributed by atoms with Crippen LogP contribution in [0, 0.1) is 18.3 Å². The Morgan fingerprint density at radius 2 is 2.08 bits per heavy atom. The molecule has 24 heavy (non-hydrogen) atoms. The molecule has 1 N–H and O–H groups in total. The molecular weight excluding hydrogens is 326 g/mol. The van der Waals surface area contributed by atoms with Crippen LogP contribution in [-0.2, 0) is 4.79 Å². The van der Waals surface area contributed by atoms with Gasteiger partial charge in [-0.25, -0.2) is 0 Å². The van der Waals surface area contributed by atoms with E-state index in [0.29, 0.717) is 17.2 Å². The van der Waals surface area contributed by atoms with Gasteiger partial charge in [0.15, 0.2) is 0 Å². The highest BCUT2D eigenvalue weighted by Gasteiger charge is 2.12. The van der Waals surface area contributed by atoms with Crippen molar-refractivity contribution < 1.29 is 9.21 Å².